The molecule has 0 saturated heterocycles. The molecule has 46 heavy (non-hydrogen) atoms. The summed E-state index contributed by atoms with van der Waals surface area (Å²) >= 11 is 0. The summed E-state index contributed by atoms with van der Waals surface area (Å²) in [5.74, 6) is 3.29. The van der Waals surface area contributed by atoms with Gasteiger partial charge in [-0.25, -0.2) is 0 Å². The molecule has 6 aromatic carbocycles. The molecule has 6 aromatic rings. The van der Waals surface area contributed by atoms with Crippen LogP contribution in [0.25, 0.3) is 10.8 Å². The Kier molecular flexibility index (Phi) is 6.57. The largest absolute Gasteiger partial charge is 0.497 e. The van der Waals surface area contributed by atoms with Crippen LogP contribution in [0.15, 0.2) is 121 Å². The Morgan fingerprint density at radius 1 is 0.348 bits per heavy atom. The fraction of sp³-hybridized carbons (Fsp3) is 0.190. The van der Waals surface area contributed by atoms with E-state index in [1.807, 2.05) is 0 Å². The molecule has 0 heterocycles. The van der Waals surface area contributed by atoms with Crippen LogP contribution in [0.5, 0.6) is 23.0 Å². The van der Waals surface area contributed by atoms with Crippen molar-refractivity contribution in [3.8, 4) is 23.0 Å². The summed E-state index contributed by atoms with van der Waals surface area (Å²) in [4.78, 5) is 0. The predicted octanol–water partition coefficient (Wildman–Crippen LogP) is 8.66. The maximum atomic E-state index is 5.69. The first-order chi connectivity index (χ1) is 22.6. The van der Waals surface area contributed by atoms with Gasteiger partial charge in [-0.05, 0) is 117 Å². The summed E-state index contributed by atoms with van der Waals surface area (Å²) in [6, 6.07) is 44.2. The standard InChI is InChI=1S/C42H36O4/c1-43-33-17-9-29(10-18-33)41(30-11-19-34(44-2)20-12-30)37-25-7-27-5-6-28-8-26-38(40(37)39(27)28)42(41,31-13-21-35(45-3)22-14-31)32-15-23-36(46-4)24-16-32/h7-26H,5-6H2,1-4H3. The third kappa shape index (κ3) is 3.67. The van der Waals surface area contributed by atoms with Crippen LogP contribution >= 0.6 is 0 Å². The van der Waals surface area contributed by atoms with Crippen LogP contribution in [0, 0.1) is 0 Å². The summed E-state index contributed by atoms with van der Waals surface area (Å²) in [6.45, 7) is 0. The van der Waals surface area contributed by atoms with E-state index in [-0.39, 0.29) is 0 Å². The fourth-order valence-electron chi connectivity index (χ4n) is 8.54. The average Bonchev–Trinajstić information content (AvgIpc) is 3.67. The average molecular weight is 605 g/mol. The van der Waals surface area contributed by atoms with Crippen molar-refractivity contribution in [2.45, 2.75) is 23.7 Å². The van der Waals surface area contributed by atoms with Crippen molar-refractivity contribution in [1.82, 2.24) is 0 Å². The van der Waals surface area contributed by atoms with Gasteiger partial charge in [0.05, 0.1) is 39.3 Å². The molecule has 0 atom stereocenters. The van der Waals surface area contributed by atoms with Crippen molar-refractivity contribution in [2.75, 3.05) is 28.4 Å². The van der Waals surface area contributed by atoms with E-state index in [1.165, 1.54) is 55.3 Å². The normalized spacial score (nSPS) is 15.1. The molecule has 0 unspecified atom stereocenters. The van der Waals surface area contributed by atoms with E-state index < -0.39 is 10.8 Å². The van der Waals surface area contributed by atoms with Gasteiger partial charge in [0.25, 0.3) is 0 Å². The molecule has 4 heteroatoms. The lowest BCUT2D eigenvalue weighted by Gasteiger charge is -2.50. The molecule has 0 N–H and O–H groups in total. The first-order valence-corrected chi connectivity index (χ1v) is 15.8. The molecule has 0 amide bonds. The Balaban J connectivity index is 1.62. The van der Waals surface area contributed by atoms with Gasteiger partial charge >= 0.3 is 0 Å². The quantitative estimate of drug-likeness (QED) is 0.174. The van der Waals surface area contributed by atoms with E-state index in [2.05, 4.69) is 121 Å². The molecule has 0 spiro atoms. The SMILES string of the molecule is COc1ccc(C2(c3ccc(OC)cc3)c3ccc4c5c(ccc(c35)C2(c2ccc(OC)cc2)c2ccc(OC)cc2)CC4)cc1. The Bertz CT molecular complexity index is 1820. The van der Waals surface area contributed by atoms with Gasteiger partial charge in [0.1, 0.15) is 23.0 Å². The van der Waals surface area contributed by atoms with Crippen LogP contribution in [0.3, 0.4) is 0 Å². The summed E-state index contributed by atoms with van der Waals surface area (Å²) in [6.07, 6.45) is 2.12. The topological polar surface area (TPSA) is 36.9 Å². The van der Waals surface area contributed by atoms with Gasteiger partial charge in [-0.1, -0.05) is 72.8 Å². The number of ether oxygens (including phenoxy) is 4. The Morgan fingerprint density at radius 3 is 0.891 bits per heavy atom. The molecule has 0 radical (unpaired) electrons. The van der Waals surface area contributed by atoms with E-state index in [1.54, 1.807) is 28.4 Å². The summed E-state index contributed by atoms with van der Waals surface area (Å²) in [7, 11) is 6.88. The zero-order chi connectivity index (χ0) is 31.5. The van der Waals surface area contributed by atoms with Crippen molar-refractivity contribution in [3.63, 3.8) is 0 Å². The van der Waals surface area contributed by atoms with Gasteiger partial charge in [0, 0.05) is 0 Å². The molecular formula is C42H36O4. The van der Waals surface area contributed by atoms with E-state index in [9.17, 15) is 0 Å². The maximum absolute atomic E-state index is 5.69. The van der Waals surface area contributed by atoms with Crippen LogP contribution in [0.4, 0.5) is 0 Å². The van der Waals surface area contributed by atoms with Crippen LogP contribution < -0.4 is 18.9 Å². The Labute approximate surface area is 270 Å². The summed E-state index contributed by atoms with van der Waals surface area (Å²) < 4.78 is 22.8. The minimum absolute atomic E-state index is 0.684. The number of hydrogen-bond donors (Lipinski definition) is 0. The summed E-state index contributed by atoms with van der Waals surface area (Å²) in [5.41, 5.74) is 8.79. The van der Waals surface area contributed by atoms with Crippen molar-refractivity contribution in [1.29, 1.82) is 0 Å². The highest BCUT2D eigenvalue weighted by molar-refractivity contribution is 6.03. The van der Waals surface area contributed by atoms with E-state index in [4.69, 9.17) is 18.9 Å². The number of aryl methyl sites for hydroxylation is 2. The van der Waals surface area contributed by atoms with E-state index in [0.29, 0.717) is 0 Å². The van der Waals surface area contributed by atoms with Crippen molar-refractivity contribution >= 4 is 10.8 Å². The molecular weight excluding hydrogens is 568 g/mol. The lowest BCUT2D eigenvalue weighted by Crippen LogP contribution is -2.49. The third-order valence-electron chi connectivity index (χ3n) is 10.5. The van der Waals surface area contributed by atoms with Crippen molar-refractivity contribution < 1.29 is 18.9 Å². The summed E-state index contributed by atoms with van der Waals surface area (Å²) in [5, 5.41) is 2.76. The lowest BCUT2D eigenvalue weighted by molar-refractivity contribution is 0.406. The highest BCUT2D eigenvalue weighted by Gasteiger charge is 2.62. The molecule has 0 aliphatic heterocycles. The first-order valence-electron chi connectivity index (χ1n) is 15.8. The highest BCUT2D eigenvalue weighted by Crippen LogP contribution is 2.67. The molecule has 228 valence electrons. The van der Waals surface area contributed by atoms with E-state index in [0.717, 1.165) is 35.8 Å². The predicted molar refractivity (Wildman–Crippen MR) is 183 cm³/mol. The fourth-order valence-corrected chi connectivity index (χ4v) is 8.54. The van der Waals surface area contributed by atoms with Crippen LogP contribution in [0.1, 0.15) is 44.5 Å². The number of rotatable bonds is 8. The zero-order valence-electron chi connectivity index (χ0n) is 26.6. The number of benzene rings is 6. The first kappa shape index (κ1) is 28.3. The third-order valence-corrected chi connectivity index (χ3v) is 10.5. The Morgan fingerprint density at radius 2 is 0.630 bits per heavy atom. The second kappa shape index (κ2) is 10.7. The van der Waals surface area contributed by atoms with E-state index >= 15 is 0 Å². The molecule has 8 rings (SSSR count). The molecule has 2 aliphatic rings. The minimum atomic E-state index is -0.684. The smallest absolute Gasteiger partial charge is 0.118 e. The molecule has 0 aromatic heterocycles. The monoisotopic (exact) mass is 604 g/mol. The van der Waals surface area contributed by atoms with Gasteiger partial charge in [-0.3, -0.25) is 0 Å². The minimum Gasteiger partial charge on any atom is -0.497 e. The van der Waals surface area contributed by atoms with Gasteiger partial charge in [-0.2, -0.15) is 0 Å². The van der Waals surface area contributed by atoms with Crippen molar-refractivity contribution in [3.05, 3.63) is 166 Å². The molecule has 0 saturated carbocycles. The van der Waals surface area contributed by atoms with Gasteiger partial charge < -0.3 is 18.9 Å². The van der Waals surface area contributed by atoms with Gasteiger partial charge in [0.2, 0.25) is 0 Å². The lowest BCUT2D eigenvalue weighted by atomic mass is 9.50. The molecule has 0 fully saturated rings. The molecule has 4 nitrogen and oxygen atoms in total. The van der Waals surface area contributed by atoms with Crippen LogP contribution in [0.2, 0.25) is 0 Å². The highest BCUT2D eigenvalue weighted by atomic mass is 16.5. The second-order valence-corrected chi connectivity index (χ2v) is 12.2. The van der Waals surface area contributed by atoms with Crippen molar-refractivity contribution in [2.24, 2.45) is 0 Å². The second-order valence-electron chi connectivity index (χ2n) is 12.2. The molecule has 2 aliphatic carbocycles. The molecule has 0 bridgehead atoms. The van der Waals surface area contributed by atoms with Gasteiger partial charge in [-0.15, -0.1) is 0 Å². The number of hydrogen-bond acceptors (Lipinski definition) is 4. The van der Waals surface area contributed by atoms with Crippen LogP contribution in [-0.2, 0) is 23.7 Å². The number of methoxy groups -OCH3 is 4. The maximum Gasteiger partial charge on any atom is 0.118 e. The Hall–Kier alpha value is -5.22. The van der Waals surface area contributed by atoms with Crippen LogP contribution in [-0.4, -0.2) is 28.4 Å². The zero-order valence-corrected chi connectivity index (χ0v) is 26.6. The van der Waals surface area contributed by atoms with Gasteiger partial charge in [0.15, 0.2) is 0 Å².